The van der Waals surface area contributed by atoms with Gasteiger partial charge in [0.15, 0.2) is 0 Å². The average Bonchev–Trinajstić information content (AvgIpc) is 2.54. The van der Waals surface area contributed by atoms with Crippen molar-refractivity contribution in [3.63, 3.8) is 0 Å². The SMILES string of the molecule is CC(C(N)=O)S(=O)(=O)c1nccs1. The fourth-order valence-corrected chi connectivity index (χ4v) is 2.97. The number of hydrogen-bond acceptors (Lipinski definition) is 5. The summed E-state index contributed by atoms with van der Waals surface area (Å²) in [6.45, 7) is 1.25. The van der Waals surface area contributed by atoms with E-state index < -0.39 is 21.0 Å². The second kappa shape index (κ2) is 3.43. The Morgan fingerprint density at radius 3 is 2.69 bits per heavy atom. The van der Waals surface area contributed by atoms with Crippen molar-refractivity contribution < 1.29 is 13.2 Å². The predicted octanol–water partition coefficient (Wildman–Crippen LogP) is -0.209. The summed E-state index contributed by atoms with van der Waals surface area (Å²) in [5, 5.41) is 0.305. The molecule has 1 aromatic rings. The Kier molecular flexibility index (Phi) is 2.67. The highest BCUT2D eigenvalue weighted by Crippen LogP contribution is 2.17. The van der Waals surface area contributed by atoms with Crippen molar-refractivity contribution in [2.45, 2.75) is 16.5 Å². The zero-order chi connectivity index (χ0) is 10.1. The number of thiazole rings is 1. The van der Waals surface area contributed by atoms with Crippen LogP contribution in [0.1, 0.15) is 6.92 Å². The van der Waals surface area contributed by atoms with Crippen LogP contribution in [0.2, 0.25) is 0 Å². The number of amides is 1. The molecule has 0 saturated carbocycles. The molecule has 13 heavy (non-hydrogen) atoms. The first-order chi connectivity index (χ1) is 5.96. The average molecular weight is 220 g/mol. The number of hydrogen-bond donors (Lipinski definition) is 1. The van der Waals surface area contributed by atoms with E-state index in [1.165, 1.54) is 18.5 Å². The monoisotopic (exact) mass is 220 g/mol. The first kappa shape index (κ1) is 10.1. The molecule has 0 aliphatic carbocycles. The molecule has 1 heterocycles. The van der Waals surface area contributed by atoms with Crippen LogP contribution in [0.15, 0.2) is 15.9 Å². The van der Waals surface area contributed by atoms with Gasteiger partial charge >= 0.3 is 0 Å². The Labute approximate surface area is 79.5 Å². The molecule has 0 spiro atoms. The molecule has 1 atom stereocenters. The van der Waals surface area contributed by atoms with Crippen molar-refractivity contribution in [1.82, 2.24) is 4.98 Å². The van der Waals surface area contributed by atoms with Gasteiger partial charge < -0.3 is 5.73 Å². The summed E-state index contributed by atoms with van der Waals surface area (Å²) in [5.74, 6) is -0.866. The molecule has 1 amide bonds. The number of primary amides is 1. The number of nitrogens with two attached hydrogens (primary N) is 1. The number of aromatic nitrogens is 1. The summed E-state index contributed by atoms with van der Waals surface area (Å²) in [7, 11) is -3.66. The fraction of sp³-hybridized carbons (Fsp3) is 0.333. The smallest absolute Gasteiger partial charge is 0.235 e. The van der Waals surface area contributed by atoms with Gasteiger partial charge in [-0.1, -0.05) is 0 Å². The molecular formula is C6H8N2O3S2. The van der Waals surface area contributed by atoms with Crippen LogP contribution < -0.4 is 5.73 Å². The summed E-state index contributed by atoms with van der Waals surface area (Å²) < 4.78 is 22.9. The third kappa shape index (κ3) is 1.86. The molecule has 72 valence electrons. The highest BCUT2D eigenvalue weighted by molar-refractivity contribution is 7.94. The minimum Gasteiger partial charge on any atom is -0.369 e. The van der Waals surface area contributed by atoms with E-state index in [4.69, 9.17) is 5.73 Å². The van der Waals surface area contributed by atoms with E-state index >= 15 is 0 Å². The van der Waals surface area contributed by atoms with Crippen molar-refractivity contribution >= 4 is 27.1 Å². The second-order valence-corrected chi connectivity index (χ2v) is 5.72. The van der Waals surface area contributed by atoms with Crippen molar-refractivity contribution in [3.05, 3.63) is 11.6 Å². The van der Waals surface area contributed by atoms with Crippen molar-refractivity contribution in [2.75, 3.05) is 0 Å². The van der Waals surface area contributed by atoms with E-state index in [1.54, 1.807) is 0 Å². The summed E-state index contributed by atoms with van der Waals surface area (Å²) in [4.78, 5) is 14.3. The van der Waals surface area contributed by atoms with Gasteiger partial charge in [-0.2, -0.15) is 0 Å². The first-order valence-corrected chi connectivity index (χ1v) is 5.81. The van der Waals surface area contributed by atoms with Crippen LogP contribution in [0.5, 0.6) is 0 Å². The van der Waals surface area contributed by atoms with E-state index in [2.05, 4.69) is 4.98 Å². The third-order valence-corrected chi connectivity index (χ3v) is 4.83. The highest BCUT2D eigenvalue weighted by Gasteiger charge is 2.29. The number of sulfone groups is 1. The first-order valence-electron chi connectivity index (χ1n) is 3.39. The van der Waals surface area contributed by atoms with Gasteiger partial charge in [0, 0.05) is 11.6 Å². The fourth-order valence-electron chi connectivity index (χ4n) is 0.655. The molecule has 0 aromatic carbocycles. The highest BCUT2D eigenvalue weighted by atomic mass is 32.2. The lowest BCUT2D eigenvalue weighted by Gasteiger charge is -2.04. The molecule has 1 unspecified atom stereocenters. The molecule has 7 heteroatoms. The van der Waals surface area contributed by atoms with Crippen LogP contribution in [0.3, 0.4) is 0 Å². The molecule has 1 aromatic heterocycles. The van der Waals surface area contributed by atoms with Crippen LogP contribution in [-0.4, -0.2) is 24.6 Å². The molecule has 0 fully saturated rings. The lowest BCUT2D eigenvalue weighted by molar-refractivity contribution is -0.117. The van der Waals surface area contributed by atoms with E-state index in [1.807, 2.05) is 0 Å². The Balaban J connectivity index is 3.11. The molecular weight excluding hydrogens is 212 g/mol. The topological polar surface area (TPSA) is 90.1 Å². The summed E-state index contributed by atoms with van der Waals surface area (Å²) in [5.41, 5.74) is 4.89. The largest absolute Gasteiger partial charge is 0.369 e. The summed E-state index contributed by atoms with van der Waals surface area (Å²) in [6.07, 6.45) is 1.37. The number of nitrogens with zero attached hydrogens (tertiary/aromatic N) is 1. The van der Waals surface area contributed by atoms with Crippen LogP contribution >= 0.6 is 11.3 Å². The lowest BCUT2D eigenvalue weighted by atomic mass is 10.5. The van der Waals surface area contributed by atoms with Crippen molar-refractivity contribution in [1.29, 1.82) is 0 Å². The van der Waals surface area contributed by atoms with Crippen molar-refractivity contribution in [2.24, 2.45) is 5.73 Å². The van der Waals surface area contributed by atoms with Crippen LogP contribution in [0, 0.1) is 0 Å². The van der Waals surface area contributed by atoms with Gasteiger partial charge in [0.05, 0.1) is 0 Å². The van der Waals surface area contributed by atoms with Gasteiger partial charge in [-0.3, -0.25) is 4.79 Å². The zero-order valence-electron chi connectivity index (χ0n) is 6.80. The van der Waals surface area contributed by atoms with Gasteiger partial charge in [-0.25, -0.2) is 13.4 Å². The maximum absolute atomic E-state index is 11.5. The molecule has 2 N–H and O–H groups in total. The summed E-state index contributed by atoms with van der Waals surface area (Å²) >= 11 is 0.969. The summed E-state index contributed by atoms with van der Waals surface area (Å²) in [6, 6.07) is 0. The molecule has 0 aliphatic heterocycles. The molecule has 1 rings (SSSR count). The molecule has 0 saturated heterocycles. The quantitative estimate of drug-likeness (QED) is 0.763. The Bertz CT molecular complexity index is 396. The minimum atomic E-state index is -3.66. The molecule has 0 bridgehead atoms. The normalized spacial score (nSPS) is 13.9. The Morgan fingerprint density at radius 2 is 2.31 bits per heavy atom. The van der Waals surface area contributed by atoms with Crippen LogP contribution in [0.4, 0.5) is 0 Å². The van der Waals surface area contributed by atoms with E-state index in [9.17, 15) is 13.2 Å². The van der Waals surface area contributed by atoms with Gasteiger partial charge in [0.2, 0.25) is 20.1 Å². The third-order valence-electron chi connectivity index (χ3n) is 1.52. The predicted molar refractivity (Wildman–Crippen MR) is 48.0 cm³/mol. The van der Waals surface area contributed by atoms with E-state index in [0.29, 0.717) is 0 Å². The number of carbonyl (C=O) groups is 1. The molecule has 0 radical (unpaired) electrons. The van der Waals surface area contributed by atoms with Crippen molar-refractivity contribution in [3.8, 4) is 0 Å². The van der Waals surface area contributed by atoms with Crippen LogP contribution in [-0.2, 0) is 14.6 Å². The second-order valence-electron chi connectivity index (χ2n) is 2.39. The minimum absolute atomic E-state index is 0.0706. The molecule has 0 aliphatic rings. The van der Waals surface area contributed by atoms with Gasteiger partial charge in [0.1, 0.15) is 5.25 Å². The Morgan fingerprint density at radius 1 is 1.69 bits per heavy atom. The van der Waals surface area contributed by atoms with E-state index in [0.717, 1.165) is 11.3 Å². The molecule has 5 nitrogen and oxygen atoms in total. The number of carbonyl (C=O) groups excluding carboxylic acids is 1. The zero-order valence-corrected chi connectivity index (χ0v) is 8.43. The standard InChI is InChI=1S/C6H8N2O3S2/c1-4(5(7)9)13(10,11)6-8-2-3-12-6/h2-4H,1H3,(H2,7,9). The van der Waals surface area contributed by atoms with Crippen LogP contribution in [0.25, 0.3) is 0 Å². The maximum atomic E-state index is 11.5. The van der Waals surface area contributed by atoms with E-state index in [-0.39, 0.29) is 4.34 Å². The number of rotatable bonds is 3. The lowest BCUT2D eigenvalue weighted by Crippen LogP contribution is -2.33. The van der Waals surface area contributed by atoms with Gasteiger partial charge in [-0.15, -0.1) is 11.3 Å². The van der Waals surface area contributed by atoms with Gasteiger partial charge in [-0.05, 0) is 6.92 Å². The maximum Gasteiger partial charge on any atom is 0.235 e. The Hall–Kier alpha value is -0.950. The van der Waals surface area contributed by atoms with Gasteiger partial charge in [0.25, 0.3) is 0 Å².